The molecule has 5 heteroatoms. The Morgan fingerprint density at radius 1 is 0.400 bits per heavy atom. The second-order valence-corrected chi connectivity index (χ2v) is 0. The molecule has 0 aromatic rings. The minimum absolute atomic E-state index is 0. The van der Waals surface area contributed by atoms with Crippen LogP contribution >= 0.6 is 0 Å². The van der Waals surface area contributed by atoms with Crippen molar-refractivity contribution >= 4 is 35.2 Å². The number of rotatable bonds is 0. The van der Waals surface area contributed by atoms with E-state index in [1.165, 1.54) is 0 Å². The van der Waals surface area contributed by atoms with Gasteiger partial charge in [-0.05, 0) is 0 Å². The monoisotopic (exact) mass is 313 g/mol. The van der Waals surface area contributed by atoms with E-state index in [0.717, 1.165) is 0 Å². The molecule has 0 fully saturated rings. The standard InChI is InChI=1S/2Ge.3Mn. The Kier molecular flexibility index (Phi) is 292. The molecule has 0 nitrogen and oxygen atoms in total. The van der Waals surface area contributed by atoms with Crippen molar-refractivity contribution in [3.63, 3.8) is 0 Å². The van der Waals surface area contributed by atoms with Gasteiger partial charge in [-0.2, -0.15) is 0 Å². The van der Waals surface area contributed by atoms with Crippen LogP contribution in [0.4, 0.5) is 0 Å². The Balaban J connectivity index is 0. The first-order valence-corrected chi connectivity index (χ1v) is 0. The van der Waals surface area contributed by atoms with Gasteiger partial charge in [-0.25, -0.2) is 0 Å². The summed E-state index contributed by atoms with van der Waals surface area (Å²) in [6.07, 6.45) is 0. The second-order valence-electron chi connectivity index (χ2n) is 0. The first kappa shape index (κ1) is 48.3. The van der Waals surface area contributed by atoms with Crippen molar-refractivity contribution in [3.05, 3.63) is 0 Å². The van der Waals surface area contributed by atoms with Gasteiger partial charge in [0, 0.05) is 86.4 Å². The van der Waals surface area contributed by atoms with E-state index in [4.69, 9.17) is 0 Å². The van der Waals surface area contributed by atoms with Gasteiger partial charge in [0.25, 0.3) is 0 Å². The number of hydrogen-bond acceptors (Lipinski definition) is 0. The van der Waals surface area contributed by atoms with Crippen LogP contribution in [0.1, 0.15) is 0 Å². The van der Waals surface area contributed by atoms with Crippen molar-refractivity contribution in [2.75, 3.05) is 0 Å². The minimum atomic E-state index is 0. The normalized spacial score (nSPS) is 0. The van der Waals surface area contributed by atoms with Crippen LogP contribution in [0.25, 0.3) is 0 Å². The summed E-state index contributed by atoms with van der Waals surface area (Å²) in [7, 11) is 0. The Labute approximate surface area is 85.4 Å². The molecule has 0 aliphatic carbocycles. The largest absolute Gasteiger partial charge is 0 e. The molecule has 0 heterocycles. The van der Waals surface area contributed by atoms with Crippen molar-refractivity contribution in [1.82, 2.24) is 0 Å². The molecule has 0 saturated carbocycles. The summed E-state index contributed by atoms with van der Waals surface area (Å²) in [5.41, 5.74) is 0. The fraction of sp³-hybridized carbons (Fsp3) is 0. The quantitative estimate of drug-likeness (QED) is 0.516. The maximum Gasteiger partial charge on any atom is 0 e. The topological polar surface area (TPSA) is 0 Å². The van der Waals surface area contributed by atoms with Crippen molar-refractivity contribution in [1.29, 1.82) is 0 Å². The Morgan fingerprint density at radius 2 is 0.400 bits per heavy atom. The van der Waals surface area contributed by atoms with Gasteiger partial charge in [-0.3, -0.25) is 0 Å². The second kappa shape index (κ2) is 30.3. The van der Waals surface area contributed by atoms with Crippen LogP contribution in [-0.2, 0) is 51.2 Å². The average Bonchev–Trinajstić information content (AvgIpc) is 0. The van der Waals surface area contributed by atoms with Crippen molar-refractivity contribution in [3.8, 4) is 0 Å². The molecule has 0 amide bonds. The molecule has 0 saturated heterocycles. The molecule has 0 bridgehead atoms. The number of hydrogen-bond donors (Lipinski definition) is 0. The van der Waals surface area contributed by atoms with Crippen molar-refractivity contribution < 1.29 is 51.2 Å². The van der Waals surface area contributed by atoms with Gasteiger partial charge in [0.2, 0.25) is 0 Å². The van der Waals surface area contributed by atoms with Crippen LogP contribution < -0.4 is 0 Å². The predicted octanol–water partition coefficient (Wildman–Crippen LogP) is -0.769. The summed E-state index contributed by atoms with van der Waals surface area (Å²) in [4.78, 5) is 0. The molecular weight excluding hydrogens is 310 g/mol. The fourth-order valence-corrected chi connectivity index (χ4v) is 0. The molecule has 0 unspecified atom stereocenters. The van der Waals surface area contributed by atoms with E-state index >= 15 is 0 Å². The molecule has 0 aromatic heterocycles. The summed E-state index contributed by atoms with van der Waals surface area (Å²) in [5, 5.41) is 0. The van der Waals surface area contributed by atoms with Gasteiger partial charge in [0.15, 0.2) is 0 Å². The van der Waals surface area contributed by atoms with Crippen molar-refractivity contribution in [2.24, 2.45) is 0 Å². The van der Waals surface area contributed by atoms with E-state index in [2.05, 4.69) is 0 Å². The molecule has 0 aliphatic heterocycles. The van der Waals surface area contributed by atoms with Crippen molar-refractivity contribution in [2.45, 2.75) is 0 Å². The van der Waals surface area contributed by atoms with Gasteiger partial charge >= 0.3 is 0 Å². The Morgan fingerprint density at radius 3 is 0.400 bits per heavy atom. The van der Waals surface area contributed by atoms with Crippen LogP contribution in [0.3, 0.4) is 0 Å². The van der Waals surface area contributed by atoms with Crippen LogP contribution in [0.5, 0.6) is 0 Å². The summed E-state index contributed by atoms with van der Waals surface area (Å²) >= 11 is 0. The smallest absolute Gasteiger partial charge is 0 e. The molecule has 29 valence electrons. The van der Waals surface area contributed by atoms with E-state index < -0.39 is 0 Å². The Hall–Kier alpha value is 2.64. The SMILES string of the molecule is [Ge].[Ge].[Mn].[Mn].[Mn]. The van der Waals surface area contributed by atoms with Gasteiger partial charge in [0.1, 0.15) is 0 Å². The molecule has 0 atom stereocenters. The first-order chi connectivity index (χ1) is 0. The minimum Gasteiger partial charge on any atom is 0 e. The van der Waals surface area contributed by atoms with Gasteiger partial charge in [-0.15, -0.1) is 0 Å². The third-order valence-corrected chi connectivity index (χ3v) is 0. The average molecular weight is 310 g/mol. The summed E-state index contributed by atoms with van der Waals surface area (Å²) in [6, 6.07) is 0. The Bertz CT molecular complexity index is 4.85. The van der Waals surface area contributed by atoms with Crippen LogP contribution in [0.2, 0.25) is 0 Å². The van der Waals surface area contributed by atoms with Crippen LogP contribution in [0.15, 0.2) is 0 Å². The summed E-state index contributed by atoms with van der Waals surface area (Å²) < 4.78 is 0. The summed E-state index contributed by atoms with van der Waals surface area (Å²) in [5.74, 6) is 0. The van der Waals surface area contributed by atoms with E-state index in [1.807, 2.05) is 0 Å². The maximum atomic E-state index is 0. The molecular formula is Ge2Mn3. The first-order valence-electron chi connectivity index (χ1n) is 0. The van der Waals surface area contributed by atoms with E-state index in [1.54, 1.807) is 0 Å². The molecule has 0 aliphatic rings. The third kappa shape index (κ3) is 20.5. The maximum absolute atomic E-state index is 0. The molecule has 11 radical (unpaired) electrons. The van der Waals surface area contributed by atoms with Crippen LogP contribution in [0, 0.1) is 0 Å². The molecule has 0 N–H and O–H groups in total. The van der Waals surface area contributed by atoms with E-state index in [9.17, 15) is 0 Å². The van der Waals surface area contributed by atoms with E-state index in [0.29, 0.717) is 0 Å². The zero-order valence-corrected chi connectivity index (χ0v) is 9.87. The third-order valence-electron chi connectivity index (χ3n) is 0. The molecule has 5 heavy (non-hydrogen) atoms. The molecule has 0 aromatic carbocycles. The van der Waals surface area contributed by atoms with Gasteiger partial charge < -0.3 is 0 Å². The predicted molar refractivity (Wildman–Crippen MR) is 11.5 cm³/mol. The zero-order chi connectivity index (χ0) is 0. The van der Waals surface area contributed by atoms with E-state index in [-0.39, 0.29) is 86.4 Å². The summed E-state index contributed by atoms with van der Waals surface area (Å²) in [6.45, 7) is 0. The molecule has 0 rings (SSSR count). The van der Waals surface area contributed by atoms with Crippen LogP contribution in [-0.4, -0.2) is 35.2 Å². The molecule has 0 spiro atoms. The zero-order valence-electron chi connectivity index (χ0n) is 2.13. The van der Waals surface area contributed by atoms with Gasteiger partial charge in [0.05, 0.1) is 0 Å². The van der Waals surface area contributed by atoms with Gasteiger partial charge in [-0.1, -0.05) is 0 Å². The fourth-order valence-electron chi connectivity index (χ4n) is 0.